The number of nitrogens with zero attached hydrogens (tertiary/aromatic N) is 2. The Labute approximate surface area is 141 Å². The molecule has 6 heteroatoms. The Kier molecular flexibility index (Phi) is 4.94. The molecule has 24 heavy (non-hydrogen) atoms. The summed E-state index contributed by atoms with van der Waals surface area (Å²) in [5, 5.41) is 10.8. The van der Waals surface area contributed by atoms with Crippen molar-refractivity contribution in [3.63, 3.8) is 0 Å². The minimum Gasteiger partial charge on any atom is -0.348 e. The molecule has 2 N–H and O–H groups in total. The number of amides is 1. The lowest BCUT2D eigenvalue weighted by molar-refractivity contribution is -0.123. The SMILES string of the molecule is CCn1cc(CN[C@@H]2CCC(=O)N[C@H]2c2ccccc2F)c(C)n1. The molecular formula is C18H23FN4O. The predicted octanol–water partition coefficient (Wildman–Crippen LogP) is 2.46. The molecule has 128 valence electrons. The lowest BCUT2D eigenvalue weighted by Gasteiger charge is -2.33. The molecule has 1 aliphatic heterocycles. The number of piperidine rings is 1. The number of aromatic nitrogens is 2. The molecule has 0 aliphatic carbocycles. The Morgan fingerprint density at radius 2 is 2.21 bits per heavy atom. The number of carbonyl (C=O) groups excluding carboxylic acids is 1. The molecule has 1 aliphatic rings. The van der Waals surface area contributed by atoms with Crippen LogP contribution in [0.25, 0.3) is 0 Å². The van der Waals surface area contributed by atoms with Gasteiger partial charge < -0.3 is 10.6 Å². The van der Waals surface area contributed by atoms with Crippen LogP contribution in [-0.2, 0) is 17.9 Å². The average molecular weight is 330 g/mol. The molecule has 2 heterocycles. The second-order valence-corrected chi connectivity index (χ2v) is 6.19. The van der Waals surface area contributed by atoms with Gasteiger partial charge in [-0.25, -0.2) is 4.39 Å². The van der Waals surface area contributed by atoms with Gasteiger partial charge in [-0.2, -0.15) is 5.10 Å². The van der Waals surface area contributed by atoms with Crippen LogP contribution in [0.1, 0.15) is 42.6 Å². The zero-order valence-electron chi connectivity index (χ0n) is 14.1. The molecule has 2 atom stereocenters. The summed E-state index contributed by atoms with van der Waals surface area (Å²) in [4.78, 5) is 11.8. The zero-order chi connectivity index (χ0) is 17.1. The van der Waals surface area contributed by atoms with E-state index in [0.717, 1.165) is 17.8 Å². The van der Waals surface area contributed by atoms with Gasteiger partial charge in [0.25, 0.3) is 0 Å². The maximum atomic E-state index is 14.2. The van der Waals surface area contributed by atoms with Crippen molar-refractivity contribution in [1.29, 1.82) is 0 Å². The van der Waals surface area contributed by atoms with Crippen molar-refractivity contribution in [3.8, 4) is 0 Å². The minimum absolute atomic E-state index is 0.0102. The van der Waals surface area contributed by atoms with Gasteiger partial charge in [0.05, 0.1) is 11.7 Å². The summed E-state index contributed by atoms with van der Waals surface area (Å²) in [5.74, 6) is -0.317. The number of carbonyl (C=O) groups is 1. The molecule has 1 amide bonds. The van der Waals surface area contributed by atoms with Crippen LogP contribution in [0.4, 0.5) is 4.39 Å². The fraction of sp³-hybridized carbons (Fsp3) is 0.444. The minimum atomic E-state index is -0.353. The third-order valence-corrected chi connectivity index (χ3v) is 4.57. The van der Waals surface area contributed by atoms with Gasteiger partial charge in [-0.05, 0) is 26.3 Å². The van der Waals surface area contributed by atoms with E-state index in [4.69, 9.17) is 0 Å². The monoisotopic (exact) mass is 330 g/mol. The zero-order valence-corrected chi connectivity index (χ0v) is 14.1. The van der Waals surface area contributed by atoms with Crippen molar-refractivity contribution in [2.45, 2.75) is 51.9 Å². The molecule has 0 saturated carbocycles. The Bertz CT molecular complexity index is 728. The largest absolute Gasteiger partial charge is 0.348 e. The van der Waals surface area contributed by atoms with Crippen LogP contribution in [0.15, 0.2) is 30.5 Å². The van der Waals surface area contributed by atoms with Crippen LogP contribution in [0.5, 0.6) is 0 Å². The van der Waals surface area contributed by atoms with Crippen molar-refractivity contribution in [2.75, 3.05) is 0 Å². The molecule has 1 aromatic heterocycles. The van der Waals surface area contributed by atoms with E-state index in [1.54, 1.807) is 18.2 Å². The van der Waals surface area contributed by atoms with Crippen LogP contribution >= 0.6 is 0 Å². The van der Waals surface area contributed by atoms with Gasteiger partial charge in [-0.15, -0.1) is 0 Å². The number of hydrogen-bond donors (Lipinski definition) is 2. The maximum absolute atomic E-state index is 14.2. The molecule has 3 rings (SSSR count). The van der Waals surface area contributed by atoms with E-state index in [-0.39, 0.29) is 23.8 Å². The first-order chi connectivity index (χ1) is 11.6. The molecular weight excluding hydrogens is 307 g/mol. The van der Waals surface area contributed by atoms with E-state index < -0.39 is 0 Å². The van der Waals surface area contributed by atoms with E-state index in [1.807, 2.05) is 17.8 Å². The van der Waals surface area contributed by atoms with Crippen LogP contribution in [-0.4, -0.2) is 21.7 Å². The third kappa shape index (κ3) is 3.48. The highest BCUT2D eigenvalue weighted by Crippen LogP contribution is 2.26. The standard InChI is InChI=1S/C18H23FN4O/c1-3-23-11-13(12(2)22-23)10-20-16-8-9-17(24)21-18(16)14-6-4-5-7-15(14)19/h4-7,11,16,18,20H,3,8-10H2,1-2H3,(H,21,24)/t16-,18+/m1/s1. The first kappa shape index (κ1) is 16.6. The van der Waals surface area contributed by atoms with Crippen LogP contribution in [0.3, 0.4) is 0 Å². The number of aryl methyl sites for hydroxylation is 2. The van der Waals surface area contributed by atoms with E-state index in [2.05, 4.69) is 22.7 Å². The molecule has 0 radical (unpaired) electrons. The van der Waals surface area contributed by atoms with E-state index in [0.29, 0.717) is 24.9 Å². The maximum Gasteiger partial charge on any atom is 0.220 e. The number of benzene rings is 1. The summed E-state index contributed by atoms with van der Waals surface area (Å²) in [7, 11) is 0. The van der Waals surface area contributed by atoms with Gasteiger partial charge >= 0.3 is 0 Å². The Hall–Kier alpha value is -2.21. The summed E-state index contributed by atoms with van der Waals surface area (Å²) in [6, 6.07) is 6.27. The normalized spacial score (nSPS) is 20.9. The third-order valence-electron chi connectivity index (χ3n) is 4.57. The highest BCUT2D eigenvalue weighted by atomic mass is 19.1. The fourth-order valence-corrected chi connectivity index (χ4v) is 3.18. The van der Waals surface area contributed by atoms with Crippen molar-refractivity contribution in [3.05, 3.63) is 53.1 Å². The summed E-state index contributed by atoms with van der Waals surface area (Å²) in [6.07, 6.45) is 3.17. The Morgan fingerprint density at radius 1 is 1.42 bits per heavy atom. The van der Waals surface area contributed by atoms with Gasteiger partial charge in [-0.3, -0.25) is 9.48 Å². The smallest absolute Gasteiger partial charge is 0.220 e. The van der Waals surface area contributed by atoms with Gasteiger partial charge in [-0.1, -0.05) is 18.2 Å². The molecule has 1 saturated heterocycles. The second kappa shape index (κ2) is 7.13. The van der Waals surface area contributed by atoms with Gasteiger partial charge in [0.15, 0.2) is 0 Å². The molecule has 5 nitrogen and oxygen atoms in total. The summed E-state index contributed by atoms with van der Waals surface area (Å²) >= 11 is 0. The van der Waals surface area contributed by atoms with E-state index in [9.17, 15) is 9.18 Å². The van der Waals surface area contributed by atoms with Crippen molar-refractivity contribution >= 4 is 5.91 Å². The van der Waals surface area contributed by atoms with Gasteiger partial charge in [0.2, 0.25) is 5.91 Å². The summed E-state index contributed by atoms with van der Waals surface area (Å²) in [5.41, 5.74) is 2.65. The molecule has 2 aromatic rings. The molecule has 0 bridgehead atoms. The topological polar surface area (TPSA) is 59.0 Å². The van der Waals surface area contributed by atoms with E-state index in [1.165, 1.54) is 6.07 Å². The summed E-state index contributed by atoms with van der Waals surface area (Å²) < 4.78 is 16.1. The Morgan fingerprint density at radius 3 is 2.92 bits per heavy atom. The van der Waals surface area contributed by atoms with Crippen LogP contribution in [0.2, 0.25) is 0 Å². The molecule has 0 unspecified atom stereocenters. The number of nitrogens with one attached hydrogen (secondary N) is 2. The van der Waals surface area contributed by atoms with Crippen molar-refractivity contribution in [1.82, 2.24) is 20.4 Å². The lowest BCUT2D eigenvalue weighted by Crippen LogP contribution is -2.48. The van der Waals surface area contributed by atoms with Crippen LogP contribution < -0.4 is 10.6 Å². The van der Waals surface area contributed by atoms with Crippen LogP contribution in [0, 0.1) is 12.7 Å². The summed E-state index contributed by atoms with van der Waals surface area (Å²) in [6.45, 7) is 5.52. The molecule has 1 fully saturated rings. The number of hydrogen-bond acceptors (Lipinski definition) is 3. The van der Waals surface area contributed by atoms with Crippen molar-refractivity contribution < 1.29 is 9.18 Å². The van der Waals surface area contributed by atoms with Gasteiger partial charge in [0.1, 0.15) is 5.82 Å². The average Bonchev–Trinajstić information content (AvgIpc) is 2.94. The van der Waals surface area contributed by atoms with Crippen molar-refractivity contribution in [2.24, 2.45) is 0 Å². The fourth-order valence-electron chi connectivity index (χ4n) is 3.18. The number of rotatable bonds is 5. The first-order valence-electron chi connectivity index (χ1n) is 8.38. The van der Waals surface area contributed by atoms with Gasteiger partial charge in [0, 0.05) is 42.9 Å². The quantitative estimate of drug-likeness (QED) is 0.885. The second-order valence-electron chi connectivity index (χ2n) is 6.19. The van der Waals surface area contributed by atoms with E-state index >= 15 is 0 Å². The number of halogens is 1. The molecule has 0 spiro atoms. The highest BCUT2D eigenvalue weighted by Gasteiger charge is 2.31. The lowest BCUT2D eigenvalue weighted by atomic mass is 9.91. The Balaban J connectivity index is 1.76. The highest BCUT2D eigenvalue weighted by molar-refractivity contribution is 5.77. The molecule has 1 aromatic carbocycles. The predicted molar refractivity (Wildman–Crippen MR) is 89.8 cm³/mol. The first-order valence-corrected chi connectivity index (χ1v) is 8.38.